The third-order valence-electron chi connectivity index (χ3n) is 6.92. The van der Waals surface area contributed by atoms with Crippen molar-refractivity contribution in [1.29, 1.82) is 0 Å². The van der Waals surface area contributed by atoms with Crippen molar-refractivity contribution in [3.63, 3.8) is 0 Å². The van der Waals surface area contributed by atoms with Crippen LogP contribution >= 0.6 is 0 Å². The zero-order valence-corrected chi connectivity index (χ0v) is 22.6. The minimum Gasteiger partial charge on any atom is -0.487 e. The van der Waals surface area contributed by atoms with E-state index in [1.165, 1.54) is 107 Å². The molecule has 3 heteroatoms. The molecule has 1 aromatic carbocycles. The zero-order chi connectivity index (χ0) is 24.4. The van der Waals surface area contributed by atoms with E-state index in [2.05, 4.69) is 38.2 Å². The van der Waals surface area contributed by atoms with E-state index in [0.717, 1.165) is 23.8 Å². The maximum Gasteiger partial charge on any atom is 0.144 e. The van der Waals surface area contributed by atoms with E-state index in [-0.39, 0.29) is 0 Å². The summed E-state index contributed by atoms with van der Waals surface area (Å²) in [5, 5.41) is 3.57. The highest BCUT2D eigenvalue weighted by Crippen LogP contribution is 2.29. The molecular weight excluding hydrogens is 416 g/mol. The van der Waals surface area contributed by atoms with Crippen molar-refractivity contribution in [2.45, 2.75) is 124 Å². The first kappa shape index (κ1) is 28.2. The summed E-state index contributed by atoms with van der Waals surface area (Å²) >= 11 is 0. The van der Waals surface area contributed by atoms with Crippen molar-refractivity contribution >= 4 is 5.82 Å². The van der Waals surface area contributed by atoms with Gasteiger partial charge in [0.15, 0.2) is 0 Å². The van der Waals surface area contributed by atoms with Gasteiger partial charge < -0.3 is 10.1 Å². The Morgan fingerprint density at radius 3 is 1.76 bits per heavy atom. The number of aryl methyl sites for hydroxylation is 1. The largest absolute Gasteiger partial charge is 0.487 e. The standard InChI is InChI=1S/C31H50N2O/c1-5-6-7-8-9-10-11-12-13-14-15-16-17-21-24-32-31-27(3)26(2)30(28(4)33-31)34-25-29-22-19-18-20-23-29/h18-20,22-23H,5-17,21,24-25H2,1-4H3,(H,32,33). The number of benzene rings is 1. The topological polar surface area (TPSA) is 34.2 Å². The van der Waals surface area contributed by atoms with Gasteiger partial charge in [0.25, 0.3) is 0 Å². The van der Waals surface area contributed by atoms with Gasteiger partial charge in [0, 0.05) is 6.54 Å². The second kappa shape index (κ2) is 17.4. The summed E-state index contributed by atoms with van der Waals surface area (Å²) in [6.45, 7) is 10.2. The van der Waals surface area contributed by atoms with E-state index in [9.17, 15) is 0 Å². The van der Waals surface area contributed by atoms with E-state index in [0.29, 0.717) is 6.61 Å². The summed E-state index contributed by atoms with van der Waals surface area (Å²) in [5.74, 6) is 1.93. The molecule has 1 N–H and O–H groups in total. The number of rotatable bonds is 19. The average Bonchev–Trinajstić information content (AvgIpc) is 2.85. The van der Waals surface area contributed by atoms with E-state index in [1.54, 1.807) is 0 Å². The van der Waals surface area contributed by atoms with Crippen LogP contribution < -0.4 is 10.1 Å². The summed E-state index contributed by atoms with van der Waals surface area (Å²) in [5.41, 5.74) is 4.52. The Bertz CT molecular complexity index is 788. The van der Waals surface area contributed by atoms with Crippen LogP contribution in [-0.4, -0.2) is 11.5 Å². The first-order valence-corrected chi connectivity index (χ1v) is 14.0. The second-order valence-corrected chi connectivity index (χ2v) is 9.92. The number of hydrogen-bond donors (Lipinski definition) is 1. The molecule has 0 saturated heterocycles. The predicted octanol–water partition coefficient (Wildman–Crippen LogP) is 9.48. The number of hydrogen-bond acceptors (Lipinski definition) is 3. The van der Waals surface area contributed by atoms with Crippen LogP contribution in [0.1, 0.15) is 119 Å². The predicted molar refractivity (Wildman–Crippen MR) is 148 cm³/mol. The van der Waals surface area contributed by atoms with Gasteiger partial charge in [0.05, 0.1) is 5.69 Å². The quantitative estimate of drug-likeness (QED) is 0.209. The van der Waals surface area contributed by atoms with Gasteiger partial charge in [-0.25, -0.2) is 4.98 Å². The van der Waals surface area contributed by atoms with Crippen molar-refractivity contribution in [2.24, 2.45) is 0 Å². The molecule has 1 aromatic heterocycles. The molecule has 0 aliphatic rings. The number of unbranched alkanes of at least 4 members (excludes halogenated alkanes) is 13. The zero-order valence-electron chi connectivity index (χ0n) is 22.6. The molecule has 0 fully saturated rings. The molecule has 1 heterocycles. The first-order valence-electron chi connectivity index (χ1n) is 14.0. The third-order valence-corrected chi connectivity index (χ3v) is 6.92. The summed E-state index contributed by atoms with van der Waals surface area (Å²) in [6, 6.07) is 10.3. The van der Waals surface area contributed by atoms with Gasteiger partial charge in [-0.3, -0.25) is 0 Å². The molecule has 2 rings (SSSR count). The number of nitrogens with zero attached hydrogens (tertiary/aromatic N) is 1. The number of ether oxygens (including phenoxy) is 1. The summed E-state index contributed by atoms with van der Waals surface area (Å²) in [7, 11) is 0. The fourth-order valence-corrected chi connectivity index (χ4v) is 4.56. The minimum absolute atomic E-state index is 0.579. The minimum atomic E-state index is 0.579. The molecule has 0 amide bonds. The molecule has 0 spiro atoms. The van der Waals surface area contributed by atoms with E-state index < -0.39 is 0 Å². The summed E-state index contributed by atoms with van der Waals surface area (Å²) in [4.78, 5) is 4.81. The van der Waals surface area contributed by atoms with Gasteiger partial charge >= 0.3 is 0 Å². The van der Waals surface area contributed by atoms with Crippen molar-refractivity contribution in [3.8, 4) is 5.75 Å². The van der Waals surface area contributed by atoms with E-state index in [4.69, 9.17) is 9.72 Å². The molecule has 0 atom stereocenters. The van der Waals surface area contributed by atoms with Crippen LogP contribution in [0.5, 0.6) is 5.75 Å². The maximum atomic E-state index is 6.13. The Kier molecular flexibility index (Phi) is 14.4. The maximum absolute atomic E-state index is 6.13. The Morgan fingerprint density at radius 2 is 1.21 bits per heavy atom. The molecule has 2 aromatic rings. The third kappa shape index (κ3) is 10.9. The lowest BCUT2D eigenvalue weighted by atomic mass is 10.0. The Balaban J connectivity index is 1.55. The van der Waals surface area contributed by atoms with Crippen LogP contribution in [0.2, 0.25) is 0 Å². The molecule has 190 valence electrons. The van der Waals surface area contributed by atoms with Gasteiger partial charge in [-0.05, 0) is 43.9 Å². The van der Waals surface area contributed by atoms with Crippen LogP contribution in [0.15, 0.2) is 30.3 Å². The first-order chi connectivity index (χ1) is 16.6. The molecule has 0 aliphatic carbocycles. The van der Waals surface area contributed by atoms with Gasteiger partial charge in [-0.15, -0.1) is 0 Å². The number of aromatic nitrogens is 1. The molecule has 0 radical (unpaired) electrons. The van der Waals surface area contributed by atoms with Gasteiger partial charge in [0.2, 0.25) is 0 Å². The molecule has 34 heavy (non-hydrogen) atoms. The Labute approximate surface area is 210 Å². The molecule has 0 saturated carbocycles. The van der Waals surface area contributed by atoms with Gasteiger partial charge in [-0.1, -0.05) is 121 Å². The lowest BCUT2D eigenvalue weighted by molar-refractivity contribution is 0.300. The molecule has 0 aliphatic heterocycles. The monoisotopic (exact) mass is 466 g/mol. The molecule has 3 nitrogen and oxygen atoms in total. The fourth-order valence-electron chi connectivity index (χ4n) is 4.56. The van der Waals surface area contributed by atoms with Gasteiger partial charge in [-0.2, -0.15) is 0 Å². The molecular formula is C31H50N2O. The van der Waals surface area contributed by atoms with E-state index in [1.807, 2.05) is 25.1 Å². The van der Waals surface area contributed by atoms with Crippen LogP contribution in [0.4, 0.5) is 5.82 Å². The van der Waals surface area contributed by atoms with Crippen LogP contribution in [0, 0.1) is 20.8 Å². The SMILES string of the molecule is CCCCCCCCCCCCCCCCNc1nc(C)c(OCc2ccccc2)c(C)c1C. The van der Waals surface area contributed by atoms with Crippen molar-refractivity contribution in [1.82, 2.24) is 4.98 Å². The van der Waals surface area contributed by atoms with Crippen molar-refractivity contribution < 1.29 is 4.74 Å². The average molecular weight is 467 g/mol. The van der Waals surface area contributed by atoms with Crippen LogP contribution in [0.3, 0.4) is 0 Å². The lowest BCUT2D eigenvalue weighted by Gasteiger charge is -2.17. The smallest absolute Gasteiger partial charge is 0.144 e. The lowest BCUT2D eigenvalue weighted by Crippen LogP contribution is -2.09. The Hall–Kier alpha value is -2.03. The second-order valence-electron chi connectivity index (χ2n) is 9.92. The van der Waals surface area contributed by atoms with Gasteiger partial charge in [0.1, 0.15) is 18.2 Å². The molecule has 0 unspecified atom stereocenters. The summed E-state index contributed by atoms with van der Waals surface area (Å²) in [6.07, 6.45) is 19.5. The highest BCUT2D eigenvalue weighted by Gasteiger charge is 2.13. The summed E-state index contributed by atoms with van der Waals surface area (Å²) < 4.78 is 6.13. The number of pyridine rings is 1. The van der Waals surface area contributed by atoms with Crippen LogP contribution in [0.25, 0.3) is 0 Å². The highest BCUT2D eigenvalue weighted by atomic mass is 16.5. The normalized spacial score (nSPS) is 11.1. The van der Waals surface area contributed by atoms with Crippen molar-refractivity contribution in [3.05, 3.63) is 52.7 Å². The number of nitrogens with one attached hydrogen (secondary N) is 1. The van der Waals surface area contributed by atoms with E-state index >= 15 is 0 Å². The highest BCUT2D eigenvalue weighted by molar-refractivity contribution is 5.54. The number of anilines is 1. The van der Waals surface area contributed by atoms with Crippen molar-refractivity contribution in [2.75, 3.05) is 11.9 Å². The van der Waals surface area contributed by atoms with Crippen LogP contribution in [-0.2, 0) is 6.61 Å². The fraction of sp³-hybridized carbons (Fsp3) is 0.645. The molecule has 0 bridgehead atoms. The Morgan fingerprint density at radius 1 is 0.676 bits per heavy atom.